The van der Waals surface area contributed by atoms with Crippen LogP contribution in [0.4, 0.5) is 0 Å². The molecule has 0 amide bonds. The predicted octanol–water partition coefficient (Wildman–Crippen LogP) is 13.0. The molecule has 0 aromatic heterocycles. The number of rotatable bonds is 20. The fourth-order valence-corrected chi connectivity index (χ4v) is 10.3. The first kappa shape index (κ1) is 97.1. The summed E-state index contributed by atoms with van der Waals surface area (Å²) in [5.74, 6) is -0.528. The third-order valence-corrected chi connectivity index (χ3v) is 16.4. The van der Waals surface area contributed by atoms with Gasteiger partial charge in [-0.25, -0.2) is 0 Å². The summed E-state index contributed by atoms with van der Waals surface area (Å²) in [6.45, 7) is 0. The Morgan fingerprint density at radius 2 is 0.297 bits per heavy atom. The second-order valence-corrected chi connectivity index (χ2v) is 24.5. The van der Waals surface area contributed by atoms with Crippen LogP contribution in [0, 0.1) is 0 Å². The maximum atomic E-state index is 11.9. The van der Waals surface area contributed by atoms with Crippen molar-refractivity contribution in [3.05, 3.63) is 428 Å². The molecule has 4 aromatic rings. The average molecular weight is 1790 g/mol. The molecule has 12 rings (SSSR count). The van der Waals surface area contributed by atoms with Gasteiger partial charge in [-0.15, -0.1) is 0 Å². The summed E-state index contributed by atoms with van der Waals surface area (Å²) in [6, 6.07) is 29.3. The Balaban J connectivity index is 0.000000492. The van der Waals surface area contributed by atoms with Crippen LogP contribution >= 0.6 is 46.4 Å². The first-order chi connectivity index (χ1) is 50.5. The third-order valence-electron chi connectivity index (χ3n) is 15.4. The van der Waals surface area contributed by atoms with Gasteiger partial charge < -0.3 is 53.5 Å². The second-order valence-electron chi connectivity index (χ2n) is 22.7. The van der Waals surface area contributed by atoms with Crippen molar-refractivity contribution in [2.45, 2.75) is 24.7 Å². The standard InChI is InChI=1S/4C21H17ClN2O2.5Co.2H2O/c4*22-18-11-9-15(10-12-18)21(23-13-16-5-1-3-7-19(16)25)24-14-17-6-2-4-8-20(17)26;;;;;;;/h4*1-14,21,23-24H;;;;;;2*1H2. The number of halogens is 4. The molecule has 8 aliphatic rings. The van der Waals surface area contributed by atoms with Crippen molar-refractivity contribution in [1.29, 1.82) is 0 Å². The van der Waals surface area contributed by atoms with Gasteiger partial charge in [-0.2, -0.15) is 0 Å². The van der Waals surface area contributed by atoms with E-state index in [-0.39, 0.29) is 166 Å². The van der Waals surface area contributed by atoms with Crippen LogP contribution in [0.2, 0.25) is 20.1 Å². The molecule has 0 saturated carbocycles. The van der Waals surface area contributed by atoms with E-state index in [4.69, 9.17) is 46.4 Å². The molecule has 0 atom stereocenters. The zero-order valence-electron chi connectivity index (χ0n) is 58.1. The van der Waals surface area contributed by atoms with Gasteiger partial charge in [-0.05, 0) is 168 Å². The molecule has 8 aliphatic carbocycles. The molecule has 0 unspecified atom stereocenters. The molecule has 0 heterocycles. The summed E-state index contributed by atoms with van der Waals surface area (Å²) in [5, 5.41) is 28.1. The van der Waals surface area contributed by atoms with E-state index in [1.807, 2.05) is 48.5 Å². The Labute approximate surface area is 714 Å². The minimum Gasteiger partial charge on any atom is -0.412 e. The molecule has 0 bridgehead atoms. The first-order valence-corrected chi connectivity index (χ1v) is 33.9. The number of hydrogen-bond acceptors (Lipinski definition) is 16. The van der Waals surface area contributed by atoms with Crippen LogP contribution < -0.4 is 42.5 Å². The van der Waals surface area contributed by atoms with Gasteiger partial charge in [-0.1, -0.05) is 192 Å². The van der Waals surface area contributed by atoms with E-state index in [0.29, 0.717) is 64.7 Å². The van der Waals surface area contributed by atoms with Crippen LogP contribution in [0.5, 0.6) is 0 Å². The van der Waals surface area contributed by atoms with Gasteiger partial charge in [0.2, 0.25) is 0 Å². The van der Waals surface area contributed by atoms with Crippen LogP contribution in [0.15, 0.2) is 386 Å². The number of carbonyl (C=O) groups is 8. The smallest absolute Gasteiger partial charge is 0.187 e. The van der Waals surface area contributed by atoms with Crippen LogP contribution in [-0.4, -0.2) is 57.2 Å². The van der Waals surface area contributed by atoms with Gasteiger partial charge in [0.05, 0.1) is 0 Å². The summed E-state index contributed by atoms with van der Waals surface area (Å²) in [4.78, 5) is 95.0. The molecule has 0 spiro atoms. The molecule has 111 heavy (non-hydrogen) atoms. The molecule has 12 N–H and O–H groups in total. The quantitative estimate of drug-likeness (QED) is 0.0301. The van der Waals surface area contributed by atoms with E-state index in [1.54, 1.807) is 244 Å². The topological polar surface area (TPSA) is 296 Å². The van der Waals surface area contributed by atoms with Crippen molar-refractivity contribution in [2.24, 2.45) is 0 Å². The van der Waals surface area contributed by atoms with Crippen molar-refractivity contribution in [3.63, 3.8) is 0 Å². The van der Waals surface area contributed by atoms with Crippen molar-refractivity contribution >= 4 is 92.7 Å². The number of hydrogen-bond donors (Lipinski definition) is 8. The monoisotopic (exact) mass is 1790 g/mol. The van der Waals surface area contributed by atoms with Crippen molar-refractivity contribution in [1.82, 2.24) is 42.5 Å². The average Bonchev–Trinajstić information content (AvgIpc) is 0.867. The number of benzene rings is 4. The molecule has 18 nitrogen and oxygen atoms in total. The number of allylic oxidation sites excluding steroid dienone is 40. The normalized spacial score (nSPS) is 18.8. The maximum absolute atomic E-state index is 11.9. The number of carbonyl (C=O) groups excluding carboxylic acids is 8. The molecular formula is C84H72Cl4Co5N8O10. The fourth-order valence-electron chi connectivity index (χ4n) is 9.77. The van der Waals surface area contributed by atoms with Gasteiger partial charge in [-0.3, -0.25) is 38.4 Å². The van der Waals surface area contributed by atoms with E-state index in [1.165, 1.54) is 48.6 Å². The summed E-state index contributed by atoms with van der Waals surface area (Å²) < 4.78 is 0. The summed E-state index contributed by atoms with van der Waals surface area (Å²) >= 11 is 23.9. The number of ketones is 8. The van der Waals surface area contributed by atoms with Gasteiger partial charge >= 0.3 is 0 Å². The third kappa shape index (κ3) is 31.7. The molecule has 5 radical (unpaired) electrons. The van der Waals surface area contributed by atoms with Gasteiger partial charge in [0.15, 0.2) is 46.3 Å². The van der Waals surface area contributed by atoms with E-state index >= 15 is 0 Å². The van der Waals surface area contributed by atoms with Crippen molar-refractivity contribution in [3.8, 4) is 0 Å². The van der Waals surface area contributed by atoms with Crippen molar-refractivity contribution in [2.75, 3.05) is 0 Å². The summed E-state index contributed by atoms with van der Waals surface area (Å²) in [7, 11) is 0. The Kier molecular flexibility index (Phi) is 45.0. The Morgan fingerprint density at radius 1 is 0.189 bits per heavy atom. The van der Waals surface area contributed by atoms with E-state index in [2.05, 4.69) is 42.5 Å². The zero-order valence-corrected chi connectivity index (χ0v) is 66.3. The molecule has 0 fully saturated rings. The largest absolute Gasteiger partial charge is 0.412 e. The minimum atomic E-state index is -0.341. The number of nitrogens with one attached hydrogen (secondary N) is 8. The van der Waals surface area contributed by atoms with E-state index in [0.717, 1.165) is 22.3 Å². The molecule has 4 aromatic carbocycles. The zero-order chi connectivity index (χ0) is 73.4. The van der Waals surface area contributed by atoms with Gasteiger partial charge in [0, 0.05) is 198 Å². The van der Waals surface area contributed by atoms with Gasteiger partial charge in [0.1, 0.15) is 24.7 Å². The van der Waals surface area contributed by atoms with Crippen LogP contribution in [0.3, 0.4) is 0 Å². The fraction of sp³-hybridized carbons (Fsp3) is 0.0476. The van der Waals surface area contributed by atoms with Gasteiger partial charge in [0.25, 0.3) is 0 Å². The second kappa shape index (κ2) is 51.5. The Hall–Kier alpha value is -9.99. The van der Waals surface area contributed by atoms with E-state index in [9.17, 15) is 38.4 Å². The van der Waals surface area contributed by atoms with Crippen LogP contribution in [0.25, 0.3) is 0 Å². The van der Waals surface area contributed by atoms with Crippen LogP contribution in [0.1, 0.15) is 46.9 Å². The van der Waals surface area contributed by atoms with Crippen molar-refractivity contribution < 1.29 is 133 Å². The molecule has 581 valence electrons. The SMILES string of the molecule is O.O.O=C1C=CC=CC1=CNC(NC=C1C=CC=CC1=O)c1ccc(Cl)cc1.O=C1C=CC=CC1=CNC(NC=C1C=CC=CC1=O)c1ccc(Cl)cc1.O=C1C=CC=CC1=CNC(NC=C1C=CC=CC1=O)c1ccc(Cl)cc1.O=C1C=CC=CC1=CNC(NC=C1C=CC=CC1=O)c1ccc(Cl)cc1.[Co].[Co].[Co].[Co].[Co]. The molecule has 0 saturated heterocycles. The summed E-state index contributed by atoms with van der Waals surface area (Å²) in [5.41, 5.74) is 8.07. The first-order valence-electron chi connectivity index (χ1n) is 32.4. The molecular weight excluding hydrogens is 1720 g/mol. The Morgan fingerprint density at radius 3 is 0.405 bits per heavy atom. The minimum absolute atomic E-state index is 0. The Bertz CT molecular complexity index is 3970. The van der Waals surface area contributed by atoms with Crippen LogP contribution in [-0.2, 0) is 122 Å². The summed E-state index contributed by atoms with van der Waals surface area (Å²) in [6.07, 6.45) is 66.0. The predicted molar refractivity (Wildman–Crippen MR) is 420 cm³/mol. The maximum Gasteiger partial charge on any atom is 0.187 e. The molecule has 27 heteroatoms. The van der Waals surface area contributed by atoms with E-state index < -0.39 is 0 Å². The molecule has 0 aliphatic heterocycles.